The Morgan fingerprint density at radius 1 is 1.48 bits per heavy atom. The number of imidazole rings is 1. The predicted molar refractivity (Wildman–Crippen MR) is 84.7 cm³/mol. The molecule has 0 aromatic carbocycles. The zero-order valence-electron chi connectivity index (χ0n) is 11.8. The van der Waals surface area contributed by atoms with Gasteiger partial charge in [0.25, 0.3) is 0 Å². The van der Waals surface area contributed by atoms with Gasteiger partial charge in [0.05, 0.1) is 24.2 Å². The molecule has 1 fully saturated rings. The number of aromatic nitrogens is 2. The van der Waals surface area contributed by atoms with Gasteiger partial charge in [-0.3, -0.25) is 4.79 Å². The standard InChI is InChI=1S/C15H17ClN2O2S/c1-20-14(19)6-15(4-5-15)10-21-9-12-8-18-7-11(16)2-3-13(18)17-12/h2-3,7-8H,4-6,9-10H2,1H3. The number of fused-ring (bicyclic) bond motifs is 1. The number of hydrogen-bond acceptors (Lipinski definition) is 4. The van der Waals surface area contributed by atoms with Crippen LogP contribution in [0.15, 0.2) is 24.5 Å². The number of hydrogen-bond donors (Lipinski definition) is 0. The number of esters is 1. The van der Waals surface area contributed by atoms with Gasteiger partial charge in [-0.05, 0) is 36.1 Å². The Bertz CT molecular complexity index is 667. The Balaban J connectivity index is 1.56. The summed E-state index contributed by atoms with van der Waals surface area (Å²) in [7, 11) is 1.45. The summed E-state index contributed by atoms with van der Waals surface area (Å²) in [6, 6.07) is 3.76. The lowest BCUT2D eigenvalue weighted by Gasteiger charge is -2.12. The lowest BCUT2D eigenvalue weighted by Crippen LogP contribution is -2.13. The van der Waals surface area contributed by atoms with E-state index in [9.17, 15) is 4.79 Å². The monoisotopic (exact) mass is 324 g/mol. The van der Waals surface area contributed by atoms with Crippen molar-refractivity contribution >= 4 is 35.0 Å². The number of halogens is 1. The van der Waals surface area contributed by atoms with Gasteiger partial charge in [-0.15, -0.1) is 0 Å². The molecule has 0 amide bonds. The first-order valence-corrected chi connectivity index (χ1v) is 8.41. The molecule has 0 atom stereocenters. The Labute approximate surface area is 132 Å². The van der Waals surface area contributed by atoms with E-state index in [1.165, 1.54) is 7.11 Å². The molecule has 1 aliphatic rings. The summed E-state index contributed by atoms with van der Waals surface area (Å²) >= 11 is 7.80. The number of pyridine rings is 1. The highest BCUT2D eigenvalue weighted by Crippen LogP contribution is 2.51. The fourth-order valence-electron chi connectivity index (χ4n) is 2.39. The zero-order chi connectivity index (χ0) is 14.9. The van der Waals surface area contributed by atoms with Crippen molar-refractivity contribution < 1.29 is 9.53 Å². The quantitative estimate of drug-likeness (QED) is 0.762. The van der Waals surface area contributed by atoms with E-state index in [1.54, 1.807) is 0 Å². The molecule has 0 saturated heterocycles. The van der Waals surface area contributed by atoms with Crippen LogP contribution in [0.3, 0.4) is 0 Å². The molecule has 1 aliphatic carbocycles. The molecule has 0 bridgehead atoms. The second-order valence-corrected chi connectivity index (χ2v) is 7.01. The predicted octanol–water partition coefficient (Wildman–Crippen LogP) is 3.56. The molecule has 4 nitrogen and oxygen atoms in total. The Hall–Kier alpha value is -1.20. The maximum Gasteiger partial charge on any atom is 0.306 e. The molecule has 2 aromatic heterocycles. The third-order valence-corrected chi connectivity index (χ3v) is 5.37. The highest BCUT2D eigenvalue weighted by atomic mass is 35.5. The van der Waals surface area contributed by atoms with Crippen LogP contribution in [0.5, 0.6) is 0 Å². The van der Waals surface area contributed by atoms with E-state index in [1.807, 2.05) is 40.7 Å². The van der Waals surface area contributed by atoms with E-state index in [-0.39, 0.29) is 11.4 Å². The van der Waals surface area contributed by atoms with Gasteiger partial charge in [-0.25, -0.2) is 4.98 Å². The van der Waals surface area contributed by atoms with Crippen LogP contribution in [0.1, 0.15) is 25.0 Å². The Kier molecular flexibility index (Phi) is 4.13. The summed E-state index contributed by atoms with van der Waals surface area (Å²) in [5.41, 5.74) is 2.11. The third kappa shape index (κ3) is 3.52. The fraction of sp³-hybridized carbons (Fsp3) is 0.467. The van der Waals surface area contributed by atoms with Gasteiger partial charge in [0.15, 0.2) is 0 Å². The fourth-order valence-corrected chi connectivity index (χ4v) is 3.83. The van der Waals surface area contributed by atoms with Crippen LogP contribution in [0.25, 0.3) is 5.65 Å². The summed E-state index contributed by atoms with van der Waals surface area (Å²) in [6.45, 7) is 0. The molecule has 6 heteroatoms. The molecule has 0 unspecified atom stereocenters. The molecule has 0 N–H and O–H groups in total. The van der Waals surface area contributed by atoms with E-state index < -0.39 is 0 Å². The molecular weight excluding hydrogens is 308 g/mol. The van der Waals surface area contributed by atoms with E-state index >= 15 is 0 Å². The number of rotatable bonds is 6. The van der Waals surface area contributed by atoms with Crippen LogP contribution < -0.4 is 0 Å². The molecule has 112 valence electrons. The zero-order valence-corrected chi connectivity index (χ0v) is 13.4. The number of carbonyl (C=O) groups is 1. The first kappa shape index (κ1) is 14.7. The highest BCUT2D eigenvalue weighted by molar-refractivity contribution is 7.98. The van der Waals surface area contributed by atoms with Crippen molar-refractivity contribution in [2.24, 2.45) is 5.41 Å². The number of thioether (sulfide) groups is 1. The number of carbonyl (C=O) groups excluding carboxylic acids is 1. The molecule has 0 radical (unpaired) electrons. The van der Waals surface area contributed by atoms with Crippen LogP contribution in [-0.2, 0) is 15.3 Å². The molecule has 0 spiro atoms. The smallest absolute Gasteiger partial charge is 0.306 e. The molecular formula is C15H17ClN2O2S. The number of ether oxygens (including phenoxy) is 1. The molecule has 2 heterocycles. The van der Waals surface area contributed by atoms with Gasteiger partial charge < -0.3 is 9.14 Å². The van der Waals surface area contributed by atoms with Crippen molar-refractivity contribution in [2.45, 2.75) is 25.0 Å². The number of methoxy groups -OCH3 is 1. The first-order chi connectivity index (χ1) is 10.1. The third-order valence-electron chi connectivity index (χ3n) is 3.83. The van der Waals surface area contributed by atoms with Crippen molar-refractivity contribution in [1.82, 2.24) is 9.38 Å². The van der Waals surface area contributed by atoms with Gasteiger partial charge in [-0.1, -0.05) is 11.6 Å². The van der Waals surface area contributed by atoms with Crippen LogP contribution >= 0.6 is 23.4 Å². The van der Waals surface area contributed by atoms with Gasteiger partial charge in [0.1, 0.15) is 5.65 Å². The van der Waals surface area contributed by atoms with Gasteiger partial charge in [-0.2, -0.15) is 11.8 Å². The molecule has 2 aromatic rings. The van der Waals surface area contributed by atoms with E-state index in [0.717, 1.165) is 35.7 Å². The maximum absolute atomic E-state index is 11.4. The summed E-state index contributed by atoms with van der Waals surface area (Å²) < 4.78 is 6.71. The maximum atomic E-state index is 11.4. The van der Waals surface area contributed by atoms with E-state index in [4.69, 9.17) is 16.3 Å². The average molecular weight is 325 g/mol. The van der Waals surface area contributed by atoms with Crippen LogP contribution in [0.2, 0.25) is 5.02 Å². The molecule has 21 heavy (non-hydrogen) atoms. The summed E-state index contributed by atoms with van der Waals surface area (Å²) in [6.07, 6.45) is 6.65. The minimum Gasteiger partial charge on any atom is -0.469 e. The SMILES string of the molecule is COC(=O)CC1(CSCc2cn3cc(Cl)ccc3n2)CC1. The second kappa shape index (κ2) is 5.89. The summed E-state index contributed by atoms with van der Waals surface area (Å²) in [4.78, 5) is 16.0. The molecule has 0 aliphatic heterocycles. The van der Waals surface area contributed by atoms with Gasteiger partial charge in [0.2, 0.25) is 0 Å². The number of nitrogens with zero attached hydrogens (tertiary/aromatic N) is 2. The van der Waals surface area contributed by atoms with E-state index in [2.05, 4.69) is 4.98 Å². The molecule has 1 saturated carbocycles. The summed E-state index contributed by atoms with van der Waals surface area (Å²) in [5.74, 6) is 1.73. The van der Waals surface area contributed by atoms with Crippen LogP contribution in [0.4, 0.5) is 0 Å². The van der Waals surface area contributed by atoms with Gasteiger partial charge in [0, 0.05) is 18.1 Å². The van der Waals surface area contributed by atoms with Crippen molar-refractivity contribution in [3.05, 3.63) is 35.2 Å². The lowest BCUT2D eigenvalue weighted by molar-refractivity contribution is -0.141. The van der Waals surface area contributed by atoms with Crippen molar-refractivity contribution in [3.8, 4) is 0 Å². The average Bonchev–Trinajstić information content (AvgIpc) is 3.09. The van der Waals surface area contributed by atoms with E-state index in [0.29, 0.717) is 11.4 Å². The highest BCUT2D eigenvalue weighted by Gasteiger charge is 2.44. The summed E-state index contributed by atoms with van der Waals surface area (Å²) in [5, 5.41) is 0.703. The Morgan fingerprint density at radius 2 is 2.29 bits per heavy atom. The van der Waals surface area contributed by atoms with Crippen molar-refractivity contribution in [2.75, 3.05) is 12.9 Å². The van der Waals surface area contributed by atoms with Crippen LogP contribution in [-0.4, -0.2) is 28.2 Å². The van der Waals surface area contributed by atoms with Crippen LogP contribution in [0, 0.1) is 5.41 Å². The largest absolute Gasteiger partial charge is 0.469 e. The van der Waals surface area contributed by atoms with Crippen molar-refractivity contribution in [3.63, 3.8) is 0 Å². The Morgan fingerprint density at radius 3 is 3.00 bits per heavy atom. The first-order valence-electron chi connectivity index (χ1n) is 6.88. The normalized spacial score (nSPS) is 16.1. The lowest BCUT2D eigenvalue weighted by atomic mass is 10.1. The van der Waals surface area contributed by atoms with Gasteiger partial charge >= 0.3 is 5.97 Å². The molecule has 3 rings (SSSR count). The minimum atomic E-state index is -0.101. The van der Waals surface area contributed by atoms with Crippen molar-refractivity contribution in [1.29, 1.82) is 0 Å². The topological polar surface area (TPSA) is 43.6 Å². The minimum absolute atomic E-state index is 0.101. The second-order valence-electron chi connectivity index (χ2n) is 5.59.